The minimum Gasteiger partial charge on any atom is -0.358 e. The highest BCUT2D eigenvalue weighted by molar-refractivity contribution is 7.80. The maximum atomic E-state index is 13.6. The van der Waals surface area contributed by atoms with Crippen LogP contribution in [-0.2, 0) is 41.7 Å². The summed E-state index contributed by atoms with van der Waals surface area (Å²) >= 11 is 5.58. The van der Waals surface area contributed by atoms with Crippen LogP contribution in [0.3, 0.4) is 0 Å². The summed E-state index contributed by atoms with van der Waals surface area (Å²) in [7, 11) is 0. The van der Waals surface area contributed by atoms with Crippen molar-refractivity contribution in [2.75, 3.05) is 5.32 Å². The molecule has 0 bridgehead atoms. The monoisotopic (exact) mass is 713 g/mol. The first kappa shape index (κ1) is 35.3. The average Bonchev–Trinajstić information content (AvgIpc) is 3.34. The number of nitrogens with one attached hydrogen (secondary N) is 2. The second-order valence-corrected chi connectivity index (χ2v) is 17.1. The standard InChI is InChI=1S/C40H45F6N3S/c1-22-11-24-18-49(19-25-12-23(2)14-30-34(25)38(21-37(30,5)6)20-36(3,4)29(13-22)33(24)38)32-10-8-7-9-31(32)48-35(50)47-28-16-26(39(41,42)43)15-27(17-28)40(44,45)46/h11-17,31-32H,7-10,18-21H2,1-6H3,(H2,47,48,50)/t31-,32?,38?/m1/s1. The molecule has 2 atom stereocenters. The van der Waals surface area contributed by atoms with Gasteiger partial charge in [0.15, 0.2) is 5.11 Å². The van der Waals surface area contributed by atoms with Crippen LogP contribution in [-0.4, -0.2) is 22.1 Å². The van der Waals surface area contributed by atoms with Crippen LogP contribution in [0.1, 0.15) is 122 Å². The van der Waals surface area contributed by atoms with Gasteiger partial charge in [0.1, 0.15) is 0 Å². The molecule has 1 heterocycles. The molecule has 10 heteroatoms. The van der Waals surface area contributed by atoms with Crippen LogP contribution in [0.4, 0.5) is 32.0 Å². The van der Waals surface area contributed by atoms with E-state index >= 15 is 0 Å². The lowest BCUT2D eigenvalue weighted by Gasteiger charge is -2.44. The smallest absolute Gasteiger partial charge is 0.358 e. The molecule has 1 fully saturated rings. The van der Waals surface area contributed by atoms with Crippen LogP contribution in [0, 0.1) is 13.8 Å². The number of anilines is 1. The Morgan fingerprint density at radius 1 is 0.720 bits per heavy atom. The maximum absolute atomic E-state index is 13.6. The summed E-state index contributed by atoms with van der Waals surface area (Å²) in [5, 5.41) is 6.02. The van der Waals surface area contributed by atoms with Gasteiger partial charge in [-0.3, -0.25) is 4.90 Å². The molecule has 0 amide bonds. The van der Waals surface area contributed by atoms with Gasteiger partial charge in [-0.05, 0) is 114 Å². The van der Waals surface area contributed by atoms with Gasteiger partial charge in [0.25, 0.3) is 0 Å². The van der Waals surface area contributed by atoms with E-state index in [4.69, 9.17) is 12.2 Å². The van der Waals surface area contributed by atoms with Gasteiger partial charge in [0.2, 0.25) is 0 Å². The van der Waals surface area contributed by atoms with Crippen molar-refractivity contribution in [1.82, 2.24) is 10.2 Å². The summed E-state index contributed by atoms with van der Waals surface area (Å²) in [6.07, 6.45) is -4.12. The van der Waals surface area contributed by atoms with Crippen molar-refractivity contribution < 1.29 is 26.3 Å². The molecule has 1 unspecified atom stereocenters. The number of thiocarbonyl (C=S) groups is 1. The summed E-state index contributed by atoms with van der Waals surface area (Å²) in [5.41, 5.74) is 7.88. The zero-order valence-corrected chi connectivity index (χ0v) is 30.3. The van der Waals surface area contributed by atoms with Crippen molar-refractivity contribution in [1.29, 1.82) is 0 Å². The van der Waals surface area contributed by atoms with E-state index in [1.807, 2.05) is 0 Å². The van der Waals surface area contributed by atoms with Crippen molar-refractivity contribution in [3.05, 3.63) is 98.1 Å². The summed E-state index contributed by atoms with van der Waals surface area (Å²) in [4.78, 5) is 2.55. The van der Waals surface area contributed by atoms with Gasteiger partial charge in [-0.25, -0.2) is 0 Å². The van der Waals surface area contributed by atoms with Gasteiger partial charge in [-0.1, -0.05) is 75.9 Å². The fraction of sp³-hybridized carbons (Fsp3) is 0.525. The Balaban J connectivity index is 1.26. The number of rotatable bonds is 3. The van der Waals surface area contributed by atoms with E-state index in [9.17, 15) is 26.3 Å². The van der Waals surface area contributed by atoms with Crippen LogP contribution < -0.4 is 10.6 Å². The lowest BCUT2D eigenvalue weighted by Crippen LogP contribution is -2.54. The Kier molecular flexibility index (Phi) is 8.26. The molecule has 1 aliphatic heterocycles. The van der Waals surface area contributed by atoms with Crippen LogP contribution in [0.25, 0.3) is 0 Å². The minimum absolute atomic E-state index is 0.00725. The zero-order chi connectivity index (χ0) is 36.2. The SMILES string of the molecule is Cc1cc2c3c(c1)C(C)(C)CC31CC(C)(C)c3cc(C)cc(c31)CN(C1CCCC[C@H]1NC(=S)Nc1cc(C(F)(F)F)cc(C(F)(F)F)c1)C2. The van der Waals surface area contributed by atoms with Crippen molar-refractivity contribution in [2.45, 2.75) is 134 Å². The fourth-order valence-corrected chi connectivity index (χ4v) is 10.5. The average molecular weight is 714 g/mol. The van der Waals surface area contributed by atoms with Crippen molar-refractivity contribution in [3.63, 3.8) is 0 Å². The number of nitrogens with zero attached hydrogens (tertiary/aromatic N) is 1. The molecular weight excluding hydrogens is 669 g/mol. The largest absolute Gasteiger partial charge is 0.416 e. The van der Waals surface area contributed by atoms with E-state index in [1.165, 1.54) is 44.5 Å². The first-order chi connectivity index (χ1) is 23.2. The van der Waals surface area contributed by atoms with Crippen LogP contribution in [0.5, 0.6) is 0 Å². The van der Waals surface area contributed by atoms with Crippen LogP contribution >= 0.6 is 12.2 Å². The van der Waals surface area contributed by atoms with Gasteiger partial charge in [-0.2, -0.15) is 26.3 Å². The van der Waals surface area contributed by atoms with E-state index in [0.29, 0.717) is 12.1 Å². The number of halogens is 6. The molecule has 7 rings (SSSR count). The molecule has 3 aromatic rings. The normalized spacial score (nSPS) is 23.4. The quantitative estimate of drug-likeness (QED) is 0.209. The molecule has 268 valence electrons. The molecule has 0 radical (unpaired) electrons. The van der Waals surface area contributed by atoms with E-state index < -0.39 is 23.5 Å². The third-order valence-corrected chi connectivity index (χ3v) is 12.0. The second-order valence-electron chi connectivity index (χ2n) is 16.7. The van der Waals surface area contributed by atoms with Gasteiger partial charge in [-0.15, -0.1) is 0 Å². The Morgan fingerprint density at radius 2 is 1.20 bits per heavy atom. The third-order valence-electron chi connectivity index (χ3n) is 11.7. The van der Waals surface area contributed by atoms with E-state index in [2.05, 4.69) is 81.3 Å². The fourth-order valence-electron chi connectivity index (χ4n) is 10.2. The van der Waals surface area contributed by atoms with Crippen LogP contribution in [0.2, 0.25) is 0 Å². The Morgan fingerprint density at radius 3 is 1.68 bits per heavy atom. The molecule has 0 aromatic heterocycles. The number of aryl methyl sites for hydroxylation is 2. The van der Waals surface area contributed by atoms with Gasteiger partial charge < -0.3 is 10.6 Å². The highest BCUT2D eigenvalue weighted by atomic mass is 32.1. The molecule has 1 spiro atoms. The number of benzene rings is 3. The Labute approximate surface area is 296 Å². The Bertz CT molecular complexity index is 1760. The first-order valence-electron chi connectivity index (χ1n) is 17.6. The minimum atomic E-state index is -4.94. The van der Waals surface area contributed by atoms with E-state index in [-0.39, 0.29) is 45.2 Å². The summed E-state index contributed by atoms with van der Waals surface area (Å²) < 4.78 is 81.4. The second kappa shape index (κ2) is 11.7. The zero-order valence-electron chi connectivity index (χ0n) is 29.5. The first-order valence-corrected chi connectivity index (χ1v) is 18.0. The molecule has 3 aromatic carbocycles. The predicted octanol–water partition coefficient (Wildman–Crippen LogP) is 10.6. The van der Waals surface area contributed by atoms with Gasteiger partial charge >= 0.3 is 12.4 Å². The van der Waals surface area contributed by atoms with Crippen molar-refractivity contribution in [3.8, 4) is 0 Å². The summed E-state index contributed by atoms with van der Waals surface area (Å²) in [5.74, 6) is 0. The van der Waals surface area contributed by atoms with E-state index in [0.717, 1.165) is 51.6 Å². The number of alkyl halides is 6. The number of hydrogen-bond donors (Lipinski definition) is 2. The lowest BCUT2D eigenvalue weighted by molar-refractivity contribution is -0.143. The molecule has 2 N–H and O–H groups in total. The van der Waals surface area contributed by atoms with Gasteiger partial charge in [0.05, 0.1) is 11.1 Å². The number of hydrogen-bond acceptors (Lipinski definition) is 2. The third kappa shape index (κ3) is 6.02. The molecule has 3 aliphatic carbocycles. The molecule has 50 heavy (non-hydrogen) atoms. The summed E-state index contributed by atoms with van der Waals surface area (Å²) in [6, 6.07) is 10.9. The maximum Gasteiger partial charge on any atom is 0.416 e. The topological polar surface area (TPSA) is 27.3 Å². The van der Waals surface area contributed by atoms with E-state index in [1.54, 1.807) is 0 Å². The lowest BCUT2D eigenvalue weighted by atomic mass is 9.69. The van der Waals surface area contributed by atoms with Crippen LogP contribution in [0.15, 0.2) is 42.5 Å². The highest BCUT2D eigenvalue weighted by Crippen LogP contribution is 2.65. The molecule has 4 aliphatic rings. The van der Waals surface area contributed by atoms with Crippen molar-refractivity contribution in [2.24, 2.45) is 0 Å². The molecular formula is C40H45F6N3S. The summed E-state index contributed by atoms with van der Waals surface area (Å²) in [6.45, 7) is 15.4. The molecule has 0 saturated heterocycles. The molecule has 1 saturated carbocycles. The Hall–Kier alpha value is -3.11. The van der Waals surface area contributed by atoms with Crippen molar-refractivity contribution >= 4 is 23.0 Å². The molecule has 3 nitrogen and oxygen atoms in total. The predicted molar refractivity (Wildman–Crippen MR) is 190 cm³/mol. The van der Waals surface area contributed by atoms with Gasteiger partial charge in [0, 0.05) is 36.3 Å². The highest BCUT2D eigenvalue weighted by Gasteiger charge is 2.58.